The van der Waals surface area contributed by atoms with Crippen molar-refractivity contribution in [2.45, 2.75) is 13.0 Å². The quantitative estimate of drug-likeness (QED) is 0.862. The number of amides is 1. The molecule has 0 saturated carbocycles. The lowest BCUT2D eigenvalue weighted by molar-refractivity contribution is -0.129. The summed E-state index contributed by atoms with van der Waals surface area (Å²) in [5.41, 5.74) is 1.97. The Hall–Kier alpha value is -2.20. The first kappa shape index (κ1) is 15.7. The van der Waals surface area contributed by atoms with Crippen LogP contribution in [0.5, 0.6) is 11.5 Å². The first-order chi connectivity index (χ1) is 11.1. The van der Waals surface area contributed by atoms with E-state index < -0.39 is 0 Å². The van der Waals surface area contributed by atoms with Crippen molar-refractivity contribution >= 4 is 17.5 Å². The highest BCUT2D eigenvalue weighted by Gasteiger charge is 2.14. The fourth-order valence-electron chi connectivity index (χ4n) is 2.46. The van der Waals surface area contributed by atoms with Crippen LogP contribution in [-0.2, 0) is 17.8 Å². The van der Waals surface area contributed by atoms with Gasteiger partial charge in [0.25, 0.3) is 0 Å². The number of carbonyl (C=O) groups excluding carboxylic acids is 1. The van der Waals surface area contributed by atoms with Crippen molar-refractivity contribution in [2.24, 2.45) is 0 Å². The van der Waals surface area contributed by atoms with Crippen LogP contribution in [0.25, 0.3) is 0 Å². The molecule has 0 aromatic heterocycles. The summed E-state index contributed by atoms with van der Waals surface area (Å²) in [7, 11) is 1.80. The number of rotatable bonds is 4. The maximum absolute atomic E-state index is 12.3. The maximum Gasteiger partial charge on any atom is 0.227 e. The third kappa shape index (κ3) is 3.96. The van der Waals surface area contributed by atoms with E-state index in [-0.39, 0.29) is 5.91 Å². The molecule has 0 bridgehead atoms. The van der Waals surface area contributed by atoms with Crippen molar-refractivity contribution in [3.05, 3.63) is 58.6 Å². The van der Waals surface area contributed by atoms with Gasteiger partial charge in [-0.3, -0.25) is 4.79 Å². The zero-order valence-electron chi connectivity index (χ0n) is 12.9. The Balaban J connectivity index is 1.62. The highest BCUT2D eigenvalue weighted by Crippen LogP contribution is 2.31. The van der Waals surface area contributed by atoms with Gasteiger partial charge >= 0.3 is 0 Å². The summed E-state index contributed by atoms with van der Waals surface area (Å²) in [5, 5.41) is 0.672. The van der Waals surface area contributed by atoms with Gasteiger partial charge in [0.2, 0.25) is 5.91 Å². The summed E-state index contributed by atoms with van der Waals surface area (Å²) < 4.78 is 11.1. The summed E-state index contributed by atoms with van der Waals surface area (Å²) in [6.07, 6.45) is 0.359. The second kappa shape index (κ2) is 6.92. The third-order valence-electron chi connectivity index (χ3n) is 3.72. The number of hydrogen-bond donors (Lipinski definition) is 0. The van der Waals surface area contributed by atoms with Crippen molar-refractivity contribution in [3.8, 4) is 11.5 Å². The molecule has 1 heterocycles. The van der Waals surface area contributed by atoms with E-state index in [1.165, 1.54) is 0 Å². The number of likely N-dealkylation sites (N-methyl/N-ethyl adjacent to an activating group) is 1. The number of fused-ring (bicyclic) bond motifs is 1. The lowest BCUT2D eigenvalue weighted by atomic mass is 10.1. The molecule has 0 unspecified atom stereocenters. The zero-order chi connectivity index (χ0) is 16.2. The average molecular weight is 332 g/mol. The van der Waals surface area contributed by atoms with Gasteiger partial charge in [0.05, 0.1) is 6.42 Å². The number of halogens is 1. The molecule has 1 aliphatic heterocycles. The van der Waals surface area contributed by atoms with Gasteiger partial charge in [0.1, 0.15) is 13.2 Å². The standard InChI is InChI=1S/C18H18ClNO3/c1-20(18(21)11-13-2-5-15(19)6-3-13)12-14-4-7-16-17(10-14)23-9-8-22-16/h2-7,10H,8-9,11-12H2,1H3. The molecule has 2 aromatic carbocycles. The molecule has 4 nitrogen and oxygen atoms in total. The molecular weight excluding hydrogens is 314 g/mol. The normalized spacial score (nSPS) is 12.8. The number of benzene rings is 2. The van der Waals surface area contributed by atoms with Gasteiger partial charge in [-0.2, -0.15) is 0 Å². The SMILES string of the molecule is CN(Cc1ccc2c(c1)OCCO2)C(=O)Cc1ccc(Cl)cc1. The average Bonchev–Trinajstić information content (AvgIpc) is 2.56. The number of hydrogen-bond acceptors (Lipinski definition) is 3. The molecule has 0 saturated heterocycles. The molecule has 1 aliphatic rings. The van der Waals surface area contributed by atoms with Crippen LogP contribution in [0.1, 0.15) is 11.1 Å². The Morgan fingerprint density at radius 2 is 1.70 bits per heavy atom. The Morgan fingerprint density at radius 3 is 2.43 bits per heavy atom. The number of nitrogens with zero attached hydrogens (tertiary/aromatic N) is 1. The molecule has 3 rings (SSSR count). The van der Waals surface area contributed by atoms with Crippen LogP contribution in [0.2, 0.25) is 5.02 Å². The molecule has 0 fully saturated rings. The summed E-state index contributed by atoms with van der Waals surface area (Å²) in [5.74, 6) is 1.56. The van der Waals surface area contributed by atoms with E-state index in [2.05, 4.69) is 0 Å². The molecule has 5 heteroatoms. The molecule has 0 radical (unpaired) electrons. The molecule has 0 N–H and O–H groups in total. The first-order valence-corrected chi connectivity index (χ1v) is 7.86. The van der Waals surface area contributed by atoms with Crippen LogP contribution in [0.3, 0.4) is 0 Å². The van der Waals surface area contributed by atoms with E-state index in [1.54, 1.807) is 24.1 Å². The molecule has 1 amide bonds. The molecular formula is C18H18ClNO3. The van der Waals surface area contributed by atoms with Gasteiger partial charge in [-0.15, -0.1) is 0 Å². The van der Waals surface area contributed by atoms with E-state index in [0.29, 0.717) is 31.2 Å². The predicted molar refractivity (Wildman–Crippen MR) is 89.1 cm³/mol. The van der Waals surface area contributed by atoms with Gasteiger partial charge in [0.15, 0.2) is 11.5 Å². The topological polar surface area (TPSA) is 38.8 Å². The maximum atomic E-state index is 12.3. The van der Waals surface area contributed by atoms with E-state index in [1.807, 2.05) is 30.3 Å². The summed E-state index contributed by atoms with van der Waals surface area (Å²) >= 11 is 5.86. The molecule has 0 spiro atoms. The molecule has 0 atom stereocenters. The molecule has 120 valence electrons. The van der Waals surface area contributed by atoms with Crippen LogP contribution < -0.4 is 9.47 Å². The van der Waals surface area contributed by atoms with Gasteiger partial charge < -0.3 is 14.4 Å². The Kier molecular flexibility index (Phi) is 4.72. The highest BCUT2D eigenvalue weighted by molar-refractivity contribution is 6.30. The van der Waals surface area contributed by atoms with Crippen molar-refractivity contribution in [1.29, 1.82) is 0 Å². The summed E-state index contributed by atoms with van der Waals surface area (Å²) in [6, 6.07) is 13.1. The van der Waals surface area contributed by atoms with E-state index in [0.717, 1.165) is 22.6 Å². The minimum atomic E-state index is 0.0576. The Morgan fingerprint density at radius 1 is 1.04 bits per heavy atom. The van der Waals surface area contributed by atoms with Gasteiger partial charge in [0, 0.05) is 18.6 Å². The smallest absolute Gasteiger partial charge is 0.227 e. The van der Waals surface area contributed by atoms with Crippen LogP contribution in [0.4, 0.5) is 0 Å². The molecule has 0 aliphatic carbocycles. The number of carbonyl (C=O) groups is 1. The summed E-state index contributed by atoms with van der Waals surface area (Å²) in [4.78, 5) is 14.0. The van der Waals surface area contributed by atoms with Crippen LogP contribution in [-0.4, -0.2) is 31.1 Å². The second-order valence-corrected chi connectivity index (χ2v) is 5.97. The second-order valence-electron chi connectivity index (χ2n) is 5.53. The first-order valence-electron chi connectivity index (χ1n) is 7.49. The summed E-state index contributed by atoms with van der Waals surface area (Å²) in [6.45, 7) is 1.66. The van der Waals surface area contributed by atoms with Gasteiger partial charge in [-0.25, -0.2) is 0 Å². The van der Waals surface area contributed by atoms with Gasteiger partial charge in [-0.1, -0.05) is 29.8 Å². The van der Waals surface area contributed by atoms with Crippen molar-refractivity contribution < 1.29 is 14.3 Å². The zero-order valence-corrected chi connectivity index (χ0v) is 13.7. The van der Waals surface area contributed by atoms with Crippen molar-refractivity contribution in [1.82, 2.24) is 4.90 Å². The van der Waals surface area contributed by atoms with Crippen molar-refractivity contribution in [3.63, 3.8) is 0 Å². The van der Waals surface area contributed by atoms with E-state index in [4.69, 9.17) is 21.1 Å². The van der Waals surface area contributed by atoms with Gasteiger partial charge in [-0.05, 0) is 35.4 Å². The van der Waals surface area contributed by atoms with Crippen LogP contribution in [0, 0.1) is 0 Å². The Bertz CT molecular complexity index is 700. The third-order valence-corrected chi connectivity index (χ3v) is 3.97. The molecule has 23 heavy (non-hydrogen) atoms. The highest BCUT2D eigenvalue weighted by atomic mass is 35.5. The monoisotopic (exact) mass is 331 g/mol. The fourth-order valence-corrected chi connectivity index (χ4v) is 2.59. The van der Waals surface area contributed by atoms with E-state index in [9.17, 15) is 4.79 Å². The van der Waals surface area contributed by atoms with E-state index >= 15 is 0 Å². The minimum Gasteiger partial charge on any atom is -0.486 e. The molecule has 2 aromatic rings. The number of ether oxygens (including phenoxy) is 2. The fraction of sp³-hybridized carbons (Fsp3) is 0.278. The van der Waals surface area contributed by atoms with Crippen LogP contribution in [0.15, 0.2) is 42.5 Å². The van der Waals surface area contributed by atoms with Crippen molar-refractivity contribution in [2.75, 3.05) is 20.3 Å². The lowest BCUT2D eigenvalue weighted by Crippen LogP contribution is -2.27. The minimum absolute atomic E-state index is 0.0576. The largest absolute Gasteiger partial charge is 0.486 e. The Labute approximate surface area is 140 Å². The lowest BCUT2D eigenvalue weighted by Gasteiger charge is -2.21. The van der Waals surface area contributed by atoms with Crippen LogP contribution >= 0.6 is 11.6 Å². The predicted octanol–water partition coefficient (Wildman–Crippen LogP) is 3.31.